The molecule has 0 unspecified atom stereocenters. The number of benzene rings is 1. The zero-order valence-electron chi connectivity index (χ0n) is 17.6. The summed E-state index contributed by atoms with van der Waals surface area (Å²) in [4.78, 5) is 10.9. The summed E-state index contributed by atoms with van der Waals surface area (Å²) < 4.78 is 34.9. The topological polar surface area (TPSA) is 94.6 Å². The van der Waals surface area contributed by atoms with Gasteiger partial charge in [-0.25, -0.2) is 4.98 Å². The Kier molecular flexibility index (Phi) is 4.63. The highest BCUT2D eigenvalue weighted by atomic mass is 32.2. The van der Waals surface area contributed by atoms with E-state index >= 15 is 0 Å². The fraction of sp³-hybridized carbons (Fsp3) is 0.174. The van der Waals surface area contributed by atoms with Crippen LogP contribution < -0.4 is 4.90 Å². The fourth-order valence-electron chi connectivity index (χ4n) is 4.11. The van der Waals surface area contributed by atoms with E-state index < -0.39 is 10.0 Å². The molecule has 0 saturated carbocycles. The average molecular weight is 461 g/mol. The third-order valence-electron chi connectivity index (χ3n) is 5.84. The van der Waals surface area contributed by atoms with Crippen molar-refractivity contribution in [2.45, 2.75) is 5.03 Å². The lowest BCUT2D eigenvalue weighted by molar-refractivity contribution is 0.122. The number of hydrogen-bond donors (Lipinski definition) is 0. The molecule has 6 rings (SSSR count). The van der Waals surface area contributed by atoms with E-state index in [-0.39, 0.29) is 5.03 Å². The number of nitrogens with zero attached hydrogens (tertiary/aromatic N) is 6. The summed E-state index contributed by atoms with van der Waals surface area (Å²) in [5.74, 6) is 0. The van der Waals surface area contributed by atoms with Crippen molar-refractivity contribution in [1.29, 1.82) is 0 Å². The van der Waals surface area contributed by atoms with Gasteiger partial charge >= 0.3 is 10.0 Å². The number of anilines is 1. The molecule has 33 heavy (non-hydrogen) atoms. The lowest BCUT2D eigenvalue weighted by atomic mass is 10.1. The Morgan fingerprint density at radius 3 is 2.52 bits per heavy atom. The van der Waals surface area contributed by atoms with Crippen LogP contribution in [-0.2, 0) is 14.8 Å². The maximum atomic E-state index is 13.4. The highest BCUT2D eigenvalue weighted by Crippen LogP contribution is 2.27. The van der Waals surface area contributed by atoms with Crippen molar-refractivity contribution in [1.82, 2.24) is 23.6 Å². The second-order valence-electron chi connectivity index (χ2n) is 7.79. The standard InChI is InChI=1S/C23H20N6O3S/c30-33(31,23-16-25-22-3-1-2-8-28(22)23)29-21-13-18(14-24-20(21)15-26-29)17-4-6-19(7-5-17)27-9-11-32-12-10-27/h1-8,13-16H,9-12H2. The Morgan fingerprint density at radius 2 is 1.70 bits per heavy atom. The maximum absolute atomic E-state index is 13.4. The van der Waals surface area contributed by atoms with Crippen LogP contribution in [0.25, 0.3) is 27.8 Å². The van der Waals surface area contributed by atoms with E-state index in [2.05, 4.69) is 32.1 Å². The highest BCUT2D eigenvalue weighted by Gasteiger charge is 2.25. The molecule has 5 heterocycles. The Hall–Kier alpha value is -3.76. The molecule has 0 amide bonds. The van der Waals surface area contributed by atoms with Crippen molar-refractivity contribution in [3.05, 3.63) is 73.3 Å². The van der Waals surface area contributed by atoms with E-state index in [0.717, 1.165) is 47.2 Å². The number of aromatic nitrogens is 5. The number of morpholine rings is 1. The van der Waals surface area contributed by atoms with Gasteiger partial charge in [0.2, 0.25) is 0 Å². The molecular formula is C23H20N6O3S. The van der Waals surface area contributed by atoms with Gasteiger partial charge in [0.05, 0.1) is 25.6 Å². The Bertz CT molecular complexity index is 1570. The third kappa shape index (κ3) is 3.35. The van der Waals surface area contributed by atoms with Crippen molar-refractivity contribution in [3.8, 4) is 11.1 Å². The molecule has 1 aliphatic heterocycles. The van der Waals surface area contributed by atoms with Gasteiger partial charge in [0.15, 0.2) is 5.03 Å². The predicted molar refractivity (Wildman–Crippen MR) is 124 cm³/mol. The van der Waals surface area contributed by atoms with Crippen LogP contribution in [0.2, 0.25) is 0 Å². The van der Waals surface area contributed by atoms with Crippen LogP contribution in [-0.4, -0.2) is 58.3 Å². The van der Waals surface area contributed by atoms with E-state index in [9.17, 15) is 8.42 Å². The Balaban J connectivity index is 1.40. The van der Waals surface area contributed by atoms with Gasteiger partial charge in [-0.15, -0.1) is 0 Å². The fourth-order valence-corrected chi connectivity index (χ4v) is 5.45. The lowest BCUT2D eigenvalue weighted by Crippen LogP contribution is -2.36. The van der Waals surface area contributed by atoms with Crippen LogP contribution in [0.5, 0.6) is 0 Å². The molecule has 0 N–H and O–H groups in total. The molecule has 9 nitrogen and oxygen atoms in total. The van der Waals surface area contributed by atoms with Crippen molar-refractivity contribution < 1.29 is 13.2 Å². The van der Waals surface area contributed by atoms with Gasteiger partial charge in [0.25, 0.3) is 0 Å². The molecule has 0 radical (unpaired) electrons. The number of rotatable bonds is 4. The molecule has 0 atom stereocenters. The van der Waals surface area contributed by atoms with Crippen LogP contribution in [0.4, 0.5) is 5.69 Å². The van der Waals surface area contributed by atoms with Crippen molar-refractivity contribution in [3.63, 3.8) is 0 Å². The number of ether oxygens (including phenoxy) is 1. The summed E-state index contributed by atoms with van der Waals surface area (Å²) in [5, 5.41) is 4.19. The summed E-state index contributed by atoms with van der Waals surface area (Å²) in [6.45, 7) is 3.20. The molecule has 0 bridgehead atoms. The highest BCUT2D eigenvalue weighted by molar-refractivity contribution is 7.90. The first-order valence-electron chi connectivity index (χ1n) is 10.6. The van der Waals surface area contributed by atoms with E-state index in [0.29, 0.717) is 16.7 Å². The van der Waals surface area contributed by atoms with Crippen LogP contribution in [0.15, 0.2) is 78.3 Å². The Labute approximate surface area is 189 Å². The molecule has 5 aromatic rings. The van der Waals surface area contributed by atoms with E-state index in [1.54, 1.807) is 30.6 Å². The molecule has 1 saturated heterocycles. The van der Waals surface area contributed by atoms with Gasteiger partial charge < -0.3 is 9.64 Å². The van der Waals surface area contributed by atoms with E-state index in [1.807, 2.05) is 18.2 Å². The molecule has 1 aliphatic rings. The number of hydrogen-bond acceptors (Lipinski definition) is 7. The maximum Gasteiger partial charge on any atom is 0.301 e. The summed E-state index contributed by atoms with van der Waals surface area (Å²) in [7, 11) is -3.98. The summed E-state index contributed by atoms with van der Waals surface area (Å²) in [6, 6.07) is 15.3. The molecule has 1 fully saturated rings. The first-order valence-corrected chi connectivity index (χ1v) is 12.0. The minimum atomic E-state index is -3.98. The second kappa shape index (κ2) is 7.68. The van der Waals surface area contributed by atoms with Crippen molar-refractivity contribution in [2.75, 3.05) is 31.2 Å². The van der Waals surface area contributed by atoms with Crippen LogP contribution >= 0.6 is 0 Å². The SMILES string of the molecule is O=S(=O)(c1cnc2ccccn12)n1ncc2ncc(-c3ccc(N4CCOCC4)cc3)cc21. The Morgan fingerprint density at radius 1 is 0.879 bits per heavy atom. The zero-order valence-corrected chi connectivity index (χ0v) is 18.4. The molecular weight excluding hydrogens is 440 g/mol. The van der Waals surface area contributed by atoms with Gasteiger partial charge in [-0.3, -0.25) is 9.38 Å². The first-order chi connectivity index (χ1) is 16.1. The van der Waals surface area contributed by atoms with Crippen LogP contribution in [0.3, 0.4) is 0 Å². The molecule has 0 spiro atoms. The van der Waals surface area contributed by atoms with E-state index in [4.69, 9.17) is 4.74 Å². The predicted octanol–water partition coefficient (Wildman–Crippen LogP) is 2.82. The first kappa shape index (κ1) is 19.9. The third-order valence-corrected chi connectivity index (χ3v) is 7.42. The lowest BCUT2D eigenvalue weighted by Gasteiger charge is -2.28. The van der Waals surface area contributed by atoms with Crippen molar-refractivity contribution in [2.24, 2.45) is 0 Å². The minimum Gasteiger partial charge on any atom is -0.378 e. The van der Waals surface area contributed by atoms with Crippen LogP contribution in [0, 0.1) is 0 Å². The van der Waals surface area contributed by atoms with Gasteiger partial charge in [-0.1, -0.05) is 18.2 Å². The molecule has 4 aromatic heterocycles. The van der Waals surface area contributed by atoms with Gasteiger partial charge in [0.1, 0.15) is 16.7 Å². The van der Waals surface area contributed by atoms with Crippen LogP contribution in [0.1, 0.15) is 0 Å². The quantitative estimate of drug-likeness (QED) is 0.407. The molecule has 10 heteroatoms. The normalized spacial score (nSPS) is 14.8. The van der Waals surface area contributed by atoms with Gasteiger partial charge in [-0.2, -0.15) is 17.6 Å². The van der Waals surface area contributed by atoms with Gasteiger partial charge in [-0.05, 0) is 35.9 Å². The number of fused-ring (bicyclic) bond motifs is 2. The number of imidazole rings is 1. The molecule has 1 aromatic carbocycles. The number of pyridine rings is 2. The molecule has 0 aliphatic carbocycles. The average Bonchev–Trinajstić information content (AvgIpc) is 3.49. The van der Waals surface area contributed by atoms with Crippen molar-refractivity contribution >= 4 is 32.4 Å². The molecule has 166 valence electrons. The summed E-state index contributed by atoms with van der Waals surface area (Å²) >= 11 is 0. The summed E-state index contributed by atoms with van der Waals surface area (Å²) in [6.07, 6.45) is 6.21. The second-order valence-corrected chi connectivity index (χ2v) is 9.51. The smallest absolute Gasteiger partial charge is 0.301 e. The largest absolute Gasteiger partial charge is 0.378 e. The van der Waals surface area contributed by atoms with E-state index in [1.165, 1.54) is 16.8 Å². The monoisotopic (exact) mass is 460 g/mol. The summed E-state index contributed by atoms with van der Waals surface area (Å²) in [5.41, 5.74) is 4.35. The zero-order chi connectivity index (χ0) is 22.4. The minimum absolute atomic E-state index is 0.0448. The van der Waals surface area contributed by atoms with Gasteiger partial charge in [0, 0.05) is 36.7 Å².